The third-order valence-electron chi connectivity index (χ3n) is 5.07. The van der Waals surface area contributed by atoms with Crippen LogP contribution >= 0.6 is 35.7 Å². The third-order valence-corrected chi connectivity index (χ3v) is 6.31. The molecule has 0 saturated carbocycles. The molecule has 0 aromatic heterocycles. The van der Waals surface area contributed by atoms with Gasteiger partial charge in [0.25, 0.3) is 0 Å². The highest BCUT2D eigenvalue weighted by atomic mass is 127. The van der Waals surface area contributed by atoms with Crippen molar-refractivity contribution in [3.8, 4) is 0 Å². The van der Waals surface area contributed by atoms with E-state index in [1.165, 1.54) is 37.2 Å². The van der Waals surface area contributed by atoms with E-state index >= 15 is 0 Å². The van der Waals surface area contributed by atoms with Crippen molar-refractivity contribution in [2.75, 3.05) is 57.9 Å². The molecule has 2 aliphatic rings. The van der Waals surface area contributed by atoms with Gasteiger partial charge in [-0.1, -0.05) is 26.7 Å². The summed E-state index contributed by atoms with van der Waals surface area (Å²) in [6, 6.07) is 0. The molecule has 0 aromatic carbocycles. The van der Waals surface area contributed by atoms with Gasteiger partial charge in [0, 0.05) is 44.5 Å². The molecular weight excluding hydrogens is 447 g/mol. The van der Waals surface area contributed by atoms with E-state index < -0.39 is 0 Å². The molecule has 7 heteroatoms. The lowest BCUT2D eigenvalue weighted by Crippen LogP contribution is -2.60. The first kappa shape index (κ1) is 23.3. The van der Waals surface area contributed by atoms with Crippen molar-refractivity contribution in [3.63, 3.8) is 0 Å². The van der Waals surface area contributed by atoms with Crippen LogP contribution in [0.4, 0.5) is 0 Å². The summed E-state index contributed by atoms with van der Waals surface area (Å²) in [4.78, 5) is 7.04. The van der Waals surface area contributed by atoms with Gasteiger partial charge in [-0.3, -0.25) is 9.89 Å². The molecule has 2 fully saturated rings. The van der Waals surface area contributed by atoms with Gasteiger partial charge in [0.1, 0.15) is 0 Å². The molecule has 148 valence electrons. The van der Waals surface area contributed by atoms with E-state index in [0.29, 0.717) is 0 Å². The standard InChI is InChI=1S/C18H36N4OS.HI/c1-16(2)6-4-5-8-20-17(19-3)21-14-18(7-13-24-15-18)22-9-11-23-12-10-22;/h16H,4-15H2,1-3H3,(H2,19,20,21);1H. The van der Waals surface area contributed by atoms with Crippen molar-refractivity contribution in [3.05, 3.63) is 0 Å². The fourth-order valence-electron chi connectivity index (χ4n) is 3.49. The number of nitrogens with zero attached hydrogens (tertiary/aromatic N) is 2. The van der Waals surface area contributed by atoms with E-state index in [2.05, 4.69) is 46.1 Å². The highest BCUT2D eigenvalue weighted by Crippen LogP contribution is 2.33. The number of aliphatic imine (C=N–C) groups is 1. The van der Waals surface area contributed by atoms with Gasteiger partial charge >= 0.3 is 0 Å². The monoisotopic (exact) mass is 484 g/mol. The summed E-state index contributed by atoms with van der Waals surface area (Å²) in [6.07, 6.45) is 5.07. The minimum atomic E-state index is 0. The van der Waals surface area contributed by atoms with E-state index in [1.807, 2.05) is 7.05 Å². The maximum atomic E-state index is 5.54. The lowest BCUT2D eigenvalue weighted by Gasteiger charge is -2.43. The highest BCUT2D eigenvalue weighted by Gasteiger charge is 2.40. The van der Waals surface area contributed by atoms with Crippen LogP contribution in [-0.2, 0) is 4.74 Å². The molecule has 5 nitrogen and oxygen atoms in total. The van der Waals surface area contributed by atoms with Crippen LogP contribution in [0, 0.1) is 5.92 Å². The Labute approximate surface area is 175 Å². The summed E-state index contributed by atoms with van der Waals surface area (Å²) in [7, 11) is 1.87. The number of ether oxygens (including phenoxy) is 1. The predicted octanol–water partition coefficient (Wildman–Crippen LogP) is 2.80. The molecule has 2 aliphatic heterocycles. The maximum absolute atomic E-state index is 5.54. The van der Waals surface area contributed by atoms with Gasteiger partial charge in [-0.2, -0.15) is 11.8 Å². The second-order valence-electron chi connectivity index (χ2n) is 7.37. The molecule has 2 N–H and O–H groups in total. The number of morpholine rings is 1. The first-order valence-electron chi connectivity index (χ1n) is 9.51. The summed E-state index contributed by atoms with van der Waals surface area (Å²) in [5.74, 6) is 4.23. The highest BCUT2D eigenvalue weighted by molar-refractivity contribution is 14.0. The summed E-state index contributed by atoms with van der Waals surface area (Å²) < 4.78 is 5.54. The van der Waals surface area contributed by atoms with E-state index in [9.17, 15) is 0 Å². The van der Waals surface area contributed by atoms with Crippen molar-refractivity contribution in [2.24, 2.45) is 10.9 Å². The number of halogens is 1. The molecule has 0 bridgehead atoms. The van der Waals surface area contributed by atoms with Crippen molar-refractivity contribution in [2.45, 2.75) is 45.1 Å². The largest absolute Gasteiger partial charge is 0.379 e. The first-order chi connectivity index (χ1) is 11.7. The Bertz CT molecular complexity index is 383. The zero-order valence-corrected chi connectivity index (χ0v) is 19.3. The molecule has 1 atom stereocenters. The van der Waals surface area contributed by atoms with E-state index in [0.717, 1.165) is 51.3 Å². The molecule has 1 unspecified atom stereocenters. The summed E-state index contributed by atoms with van der Waals surface area (Å²) in [6.45, 7) is 10.4. The number of hydrogen-bond donors (Lipinski definition) is 2. The van der Waals surface area contributed by atoms with Gasteiger partial charge in [0.15, 0.2) is 5.96 Å². The molecule has 0 spiro atoms. The second-order valence-corrected chi connectivity index (χ2v) is 8.47. The molecule has 0 aromatic rings. The molecule has 2 saturated heterocycles. The van der Waals surface area contributed by atoms with Crippen molar-refractivity contribution < 1.29 is 4.74 Å². The summed E-state index contributed by atoms with van der Waals surface area (Å²) in [5, 5.41) is 7.07. The van der Waals surface area contributed by atoms with Gasteiger partial charge < -0.3 is 15.4 Å². The van der Waals surface area contributed by atoms with Gasteiger partial charge in [-0.15, -0.1) is 24.0 Å². The van der Waals surface area contributed by atoms with Crippen molar-refractivity contribution in [1.29, 1.82) is 0 Å². The van der Waals surface area contributed by atoms with E-state index in [4.69, 9.17) is 4.74 Å². The Morgan fingerprint density at radius 2 is 2.00 bits per heavy atom. The number of unbranched alkanes of at least 4 members (excludes halogenated alkanes) is 1. The Morgan fingerprint density at radius 3 is 2.60 bits per heavy atom. The number of nitrogens with one attached hydrogen (secondary N) is 2. The van der Waals surface area contributed by atoms with E-state index in [1.54, 1.807) is 0 Å². The molecule has 0 radical (unpaired) electrons. The van der Waals surface area contributed by atoms with Crippen LogP contribution in [0.3, 0.4) is 0 Å². The Hall–Kier alpha value is 0.270. The topological polar surface area (TPSA) is 48.9 Å². The van der Waals surface area contributed by atoms with Crippen LogP contribution in [0.1, 0.15) is 39.5 Å². The number of guanidine groups is 1. The van der Waals surface area contributed by atoms with Crippen LogP contribution in [0.5, 0.6) is 0 Å². The minimum Gasteiger partial charge on any atom is -0.379 e. The third kappa shape index (κ3) is 7.81. The van der Waals surface area contributed by atoms with Crippen LogP contribution in [0.15, 0.2) is 4.99 Å². The minimum absolute atomic E-state index is 0. The fourth-order valence-corrected chi connectivity index (χ4v) is 4.97. The predicted molar refractivity (Wildman–Crippen MR) is 121 cm³/mol. The quantitative estimate of drug-likeness (QED) is 0.240. The van der Waals surface area contributed by atoms with Gasteiger partial charge in [0.05, 0.1) is 13.2 Å². The summed E-state index contributed by atoms with van der Waals surface area (Å²) in [5.41, 5.74) is 0.268. The Morgan fingerprint density at radius 1 is 1.24 bits per heavy atom. The molecule has 25 heavy (non-hydrogen) atoms. The van der Waals surface area contributed by atoms with Crippen LogP contribution in [-0.4, -0.2) is 74.3 Å². The average molecular weight is 484 g/mol. The SMILES string of the molecule is CN=C(NCCCCC(C)C)NCC1(N2CCOCC2)CCSC1.I. The van der Waals surface area contributed by atoms with Crippen molar-refractivity contribution in [1.82, 2.24) is 15.5 Å². The Kier molecular flexibility index (Phi) is 11.8. The smallest absolute Gasteiger partial charge is 0.191 e. The molecule has 0 aliphatic carbocycles. The second kappa shape index (κ2) is 12.6. The fraction of sp³-hybridized carbons (Fsp3) is 0.944. The summed E-state index contributed by atoms with van der Waals surface area (Å²) >= 11 is 2.08. The van der Waals surface area contributed by atoms with Crippen LogP contribution < -0.4 is 10.6 Å². The number of rotatable bonds is 8. The van der Waals surface area contributed by atoms with Crippen LogP contribution in [0.25, 0.3) is 0 Å². The molecule has 2 heterocycles. The lowest BCUT2D eigenvalue weighted by atomic mass is 9.95. The molecule has 2 rings (SSSR count). The molecular formula is C18H37IN4OS. The van der Waals surface area contributed by atoms with E-state index in [-0.39, 0.29) is 29.5 Å². The number of hydrogen-bond acceptors (Lipinski definition) is 4. The zero-order chi connectivity index (χ0) is 17.3. The van der Waals surface area contributed by atoms with Gasteiger partial charge in [-0.25, -0.2) is 0 Å². The first-order valence-corrected chi connectivity index (χ1v) is 10.7. The average Bonchev–Trinajstić information content (AvgIpc) is 3.08. The van der Waals surface area contributed by atoms with Crippen LogP contribution in [0.2, 0.25) is 0 Å². The lowest BCUT2D eigenvalue weighted by molar-refractivity contribution is -0.0120. The molecule has 0 amide bonds. The van der Waals surface area contributed by atoms with Gasteiger partial charge in [-0.05, 0) is 24.5 Å². The van der Waals surface area contributed by atoms with Crippen molar-refractivity contribution >= 4 is 41.7 Å². The Balaban J connectivity index is 0.00000312. The van der Waals surface area contributed by atoms with Gasteiger partial charge in [0.2, 0.25) is 0 Å². The normalized spacial score (nSPS) is 25.0. The zero-order valence-electron chi connectivity index (χ0n) is 16.2. The maximum Gasteiger partial charge on any atom is 0.191 e. The number of thioether (sulfide) groups is 1.